The molecule has 9 nitrogen and oxygen atoms in total. The normalized spacial score (nSPS) is 12.0. The van der Waals surface area contributed by atoms with Crippen LogP contribution < -0.4 is 16.0 Å². The van der Waals surface area contributed by atoms with Crippen molar-refractivity contribution in [2.24, 2.45) is 0 Å². The molecule has 0 heterocycles. The van der Waals surface area contributed by atoms with Crippen molar-refractivity contribution < 1.29 is 27.9 Å². The van der Waals surface area contributed by atoms with E-state index < -0.39 is 27.7 Å². The molecular weight excluding hydrogens is 434 g/mol. The molecule has 0 aliphatic rings. The second kappa shape index (κ2) is 11.4. The highest BCUT2D eigenvalue weighted by Gasteiger charge is 2.21. The minimum atomic E-state index is -3.36. The van der Waals surface area contributed by atoms with Crippen LogP contribution in [0.4, 0.5) is 0 Å². The minimum Gasteiger partial charge on any atom is -0.392 e. The van der Waals surface area contributed by atoms with Gasteiger partial charge in [-0.25, -0.2) is 8.42 Å². The maximum absolute atomic E-state index is 12.5. The summed E-state index contributed by atoms with van der Waals surface area (Å²) in [6.45, 7) is 2.11. The molecule has 0 saturated heterocycles. The largest absolute Gasteiger partial charge is 0.392 e. The lowest BCUT2D eigenvalue weighted by Crippen LogP contribution is -2.48. The smallest absolute Gasteiger partial charge is 0.251 e. The second-order valence-electron chi connectivity index (χ2n) is 7.12. The Kier molecular flexibility index (Phi) is 8.91. The van der Waals surface area contributed by atoms with Crippen molar-refractivity contribution in [2.45, 2.75) is 30.9 Å². The van der Waals surface area contributed by atoms with Crippen LogP contribution in [-0.4, -0.2) is 56.6 Å². The predicted molar refractivity (Wildman–Crippen MR) is 119 cm³/mol. The number of benzene rings is 2. The third kappa shape index (κ3) is 7.17. The summed E-state index contributed by atoms with van der Waals surface area (Å²) in [7, 11) is -3.36. The summed E-state index contributed by atoms with van der Waals surface area (Å²) >= 11 is 0. The number of nitrogens with one attached hydrogen (secondary N) is 3. The summed E-state index contributed by atoms with van der Waals surface area (Å²) in [4.78, 5) is 37.3. The van der Waals surface area contributed by atoms with Crippen LogP contribution in [-0.2, 0) is 21.2 Å². The quantitative estimate of drug-likeness (QED) is 0.409. The summed E-state index contributed by atoms with van der Waals surface area (Å²) in [6.07, 6.45) is 1.23. The van der Waals surface area contributed by atoms with E-state index in [0.29, 0.717) is 17.7 Å². The molecule has 0 radical (unpaired) electrons. The molecule has 0 saturated carbocycles. The zero-order valence-electron chi connectivity index (χ0n) is 17.9. The Balaban J connectivity index is 1.98. The van der Waals surface area contributed by atoms with Gasteiger partial charge in [-0.15, -0.1) is 0 Å². The summed E-state index contributed by atoms with van der Waals surface area (Å²) in [5.41, 5.74) is 1.28. The van der Waals surface area contributed by atoms with Gasteiger partial charge in [-0.2, -0.15) is 0 Å². The number of aliphatic hydroxyl groups is 1. The molecule has 0 aliphatic carbocycles. The SMILES string of the molecule is CCNC(=O)C(CCNC(=O)c1ccc(S(C)(=O)=O)cc1)NC(=O)c1ccc(CO)cc1. The molecule has 2 aromatic carbocycles. The molecule has 172 valence electrons. The molecule has 2 aromatic rings. The van der Waals surface area contributed by atoms with Crippen molar-refractivity contribution >= 4 is 27.6 Å². The first-order valence-corrected chi connectivity index (χ1v) is 11.9. The van der Waals surface area contributed by atoms with Gasteiger partial charge < -0.3 is 21.1 Å². The Hall–Kier alpha value is -3.24. The van der Waals surface area contributed by atoms with Gasteiger partial charge in [0.05, 0.1) is 11.5 Å². The van der Waals surface area contributed by atoms with Crippen LogP contribution in [0.2, 0.25) is 0 Å². The molecule has 0 bridgehead atoms. The van der Waals surface area contributed by atoms with E-state index in [-0.39, 0.29) is 35.9 Å². The van der Waals surface area contributed by atoms with E-state index in [1.807, 2.05) is 0 Å². The van der Waals surface area contributed by atoms with Crippen molar-refractivity contribution in [1.29, 1.82) is 0 Å². The van der Waals surface area contributed by atoms with E-state index in [1.54, 1.807) is 31.2 Å². The van der Waals surface area contributed by atoms with Gasteiger partial charge >= 0.3 is 0 Å². The van der Waals surface area contributed by atoms with Crippen molar-refractivity contribution in [3.8, 4) is 0 Å². The highest BCUT2D eigenvalue weighted by molar-refractivity contribution is 7.90. The number of hydrogen-bond donors (Lipinski definition) is 4. The average Bonchev–Trinajstić information content (AvgIpc) is 2.77. The third-order valence-corrected chi connectivity index (χ3v) is 5.76. The van der Waals surface area contributed by atoms with Crippen molar-refractivity contribution in [3.63, 3.8) is 0 Å². The van der Waals surface area contributed by atoms with Crippen LogP contribution in [0.3, 0.4) is 0 Å². The first kappa shape index (κ1) is 25.0. The number of likely N-dealkylation sites (N-methyl/N-ethyl adjacent to an activating group) is 1. The Morgan fingerprint density at radius 1 is 0.906 bits per heavy atom. The van der Waals surface area contributed by atoms with Crippen LogP contribution in [0.25, 0.3) is 0 Å². The monoisotopic (exact) mass is 461 g/mol. The molecular formula is C22H27N3O6S. The zero-order valence-corrected chi connectivity index (χ0v) is 18.7. The van der Waals surface area contributed by atoms with Gasteiger partial charge in [-0.1, -0.05) is 12.1 Å². The topological polar surface area (TPSA) is 142 Å². The number of carbonyl (C=O) groups excluding carboxylic acids is 3. The molecule has 0 spiro atoms. The summed E-state index contributed by atoms with van der Waals surface area (Å²) in [5.74, 6) is -1.25. The van der Waals surface area contributed by atoms with E-state index in [4.69, 9.17) is 5.11 Å². The molecule has 1 atom stereocenters. The number of sulfone groups is 1. The summed E-state index contributed by atoms with van der Waals surface area (Å²) in [6, 6.07) is 11.0. The first-order chi connectivity index (χ1) is 15.2. The number of aliphatic hydroxyl groups excluding tert-OH is 1. The van der Waals surface area contributed by atoms with Crippen LogP contribution in [0.1, 0.15) is 39.6 Å². The number of carbonyl (C=O) groups is 3. The lowest BCUT2D eigenvalue weighted by atomic mass is 10.1. The molecule has 32 heavy (non-hydrogen) atoms. The molecule has 1 unspecified atom stereocenters. The van der Waals surface area contributed by atoms with Gasteiger partial charge in [-0.05, 0) is 55.3 Å². The fraction of sp³-hybridized carbons (Fsp3) is 0.318. The van der Waals surface area contributed by atoms with Gasteiger partial charge in [0, 0.05) is 30.5 Å². The number of amides is 3. The standard InChI is InChI=1S/C22H27N3O6S/c1-3-23-22(29)19(25-21(28)17-6-4-15(14-26)5-7-17)12-13-24-20(27)16-8-10-18(11-9-16)32(2,30)31/h4-11,19,26H,3,12-14H2,1-2H3,(H,23,29)(H,24,27)(H,25,28). The van der Waals surface area contributed by atoms with Gasteiger partial charge in [0.1, 0.15) is 6.04 Å². The van der Waals surface area contributed by atoms with Crippen LogP contribution in [0.15, 0.2) is 53.4 Å². The maximum atomic E-state index is 12.5. The first-order valence-electron chi connectivity index (χ1n) is 10.0. The lowest BCUT2D eigenvalue weighted by molar-refractivity contribution is -0.123. The van der Waals surface area contributed by atoms with Gasteiger partial charge in [0.2, 0.25) is 5.91 Å². The van der Waals surface area contributed by atoms with E-state index in [2.05, 4.69) is 16.0 Å². The third-order valence-electron chi connectivity index (χ3n) is 4.63. The highest BCUT2D eigenvalue weighted by Crippen LogP contribution is 2.10. The molecule has 4 N–H and O–H groups in total. The predicted octanol–water partition coefficient (Wildman–Crippen LogP) is 0.637. The fourth-order valence-electron chi connectivity index (χ4n) is 2.85. The zero-order chi connectivity index (χ0) is 23.7. The van der Waals surface area contributed by atoms with Gasteiger partial charge in [0.15, 0.2) is 9.84 Å². The Morgan fingerprint density at radius 3 is 2.00 bits per heavy atom. The lowest BCUT2D eigenvalue weighted by Gasteiger charge is -2.18. The van der Waals surface area contributed by atoms with Crippen LogP contribution in [0.5, 0.6) is 0 Å². The molecule has 0 fully saturated rings. The fourth-order valence-corrected chi connectivity index (χ4v) is 3.49. The Bertz CT molecular complexity index is 1050. The summed E-state index contributed by atoms with van der Waals surface area (Å²) < 4.78 is 23.0. The van der Waals surface area contributed by atoms with Gasteiger partial charge in [-0.3, -0.25) is 14.4 Å². The van der Waals surface area contributed by atoms with E-state index in [1.165, 1.54) is 24.3 Å². The molecule has 2 rings (SSSR count). The number of rotatable bonds is 10. The highest BCUT2D eigenvalue weighted by atomic mass is 32.2. The van der Waals surface area contributed by atoms with Crippen molar-refractivity contribution in [1.82, 2.24) is 16.0 Å². The van der Waals surface area contributed by atoms with E-state index in [0.717, 1.165) is 6.26 Å². The Morgan fingerprint density at radius 2 is 1.47 bits per heavy atom. The summed E-state index contributed by atoms with van der Waals surface area (Å²) in [5, 5.41) is 17.1. The van der Waals surface area contributed by atoms with E-state index in [9.17, 15) is 22.8 Å². The maximum Gasteiger partial charge on any atom is 0.251 e. The number of hydrogen-bond acceptors (Lipinski definition) is 6. The van der Waals surface area contributed by atoms with Crippen LogP contribution in [0, 0.1) is 0 Å². The second-order valence-corrected chi connectivity index (χ2v) is 9.13. The van der Waals surface area contributed by atoms with Crippen LogP contribution >= 0.6 is 0 Å². The molecule has 3 amide bonds. The van der Waals surface area contributed by atoms with Gasteiger partial charge in [0.25, 0.3) is 11.8 Å². The minimum absolute atomic E-state index is 0.109. The molecule has 0 aliphatic heterocycles. The molecule has 0 aromatic heterocycles. The Labute approximate surface area is 187 Å². The average molecular weight is 462 g/mol. The van der Waals surface area contributed by atoms with E-state index >= 15 is 0 Å². The van der Waals surface area contributed by atoms with Crippen molar-refractivity contribution in [3.05, 3.63) is 65.2 Å². The van der Waals surface area contributed by atoms with Crippen molar-refractivity contribution in [2.75, 3.05) is 19.3 Å². The molecule has 10 heteroatoms.